The Balaban J connectivity index is 2.30. The fourth-order valence-electron chi connectivity index (χ4n) is 1.14. The SMILES string of the molecule is C#CCSCCNCc1c(Cl)nc(Cl)n1C. The zero-order valence-electron chi connectivity index (χ0n) is 8.96. The molecule has 1 rings (SSSR count). The van der Waals surface area contributed by atoms with Crippen LogP contribution >= 0.6 is 35.0 Å². The number of hydrogen-bond acceptors (Lipinski definition) is 3. The fraction of sp³-hybridized carbons (Fsp3) is 0.500. The van der Waals surface area contributed by atoms with Gasteiger partial charge in [0.1, 0.15) is 0 Å². The van der Waals surface area contributed by atoms with Crippen LogP contribution < -0.4 is 5.32 Å². The maximum absolute atomic E-state index is 5.92. The number of aromatic nitrogens is 2. The van der Waals surface area contributed by atoms with Crippen LogP contribution in [0.3, 0.4) is 0 Å². The van der Waals surface area contributed by atoms with Crippen molar-refractivity contribution in [1.82, 2.24) is 14.9 Å². The highest BCUT2D eigenvalue weighted by Crippen LogP contribution is 2.18. The van der Waals surface area contributed by atoms with E-state index < -0.39 is 0 Å². The number of terminal acetylenes is 1. The number of thioether (sulfide) groups is 1. The molecule has 1 aromatic rings. The van der Waals surface area contributed by atoms with Gasteiger partial charge in [0.05, 0.1) is 11.4 Å². The van der Waals surface area contributed by atoms with Crippen LogP contribution in [-0.4, -0.2) is 27.6 Å². The van der Waals surface area contributed by atoms with Crippen molar-refractivity contribution in [2.75, 3.05) is 18.1 Å². The second kappa shape index (κ2) is 7.08. The molecule has 0 bridgehead atoms. The second-order valence-corrected chi connectivity index (χ2v) is 4.91. The second-order valence-electron chi connectivity index (χ2n) is 3.11. The van der Waals surface area contributed by atoms with E-state index >= 15 is 0 Å². The van der Waals surface area contributed by atoms with Crippen LogP contribution in [0.4, 0.5) is 0 Å². The van der Waals surface area contributed by atoms with Crippen molar-refractivity contribution in [2.45, 2.75) is 6.54 Å². The van der Waals surface area contributed by atoms with Crippen LogP contribution in [0.5, 0.6) is 0 Å². The number of halogens is 2. The molecule has 16 heavy (non-hydrogen) atoms. The summed E-state index contributed by atoms with van der Waals surface area (Å²) < 4.78 is 1.77. The molecule has 0 saturated heterocycles. The van der Waals surface area contributed by atoms with E-state index in [4.69, 9.17) is 29.6 Å². The molecule has 1 heterocycles. The van der Waals surface area contributed by atoms with Gasteiger partial charge in [-0.05, 0) is 11.6 Å². The molecule has 0 atom stereocenters. The van der Waals surface area contributed by atoms with E-state index in [9.17, 15) is 0 Å². The van der Waals surface area contributed by atoms with Gasteiger partial charge in [0, 0.05) is 25.9 Å². The van der Waals surface area contributed by atoms with Crippen molar-refractivity contribution in [2.24, 2.45) is 7.05 Å². The molecule has 0 spiro atoms. The number of nitrogens with one attached hydrogen (secondary N) is 1. The summed E-state index contributed by atoms with van der Waals surface area (Å²) in [6, 6.07) is 0. The number of imidazole rings is 1. The van der Waals surface area contributed by atoms with Crippen LogP contribution in [0, 0.1) is 12.3 Å². The third-order valence-electron chi connectivity index (χ3n) is 2.01. The van der Waals surface area contributed by atoms with Gasteiger partial charge in [-0.25, -0.2) is 4.98 Å². The Morgan fingerprint density at radius 3 is 2.88 bits per heavy atom. The minimum atomic E-state index is 0.406. The third-order valence-corrected chi connectivity index (χ3v) is 3.52. The highest BCUT2D eigenvalue weighted by atomic mass is 35.5. The van der Waals surface area contributed by atoms with Gasteiger partial charge in [0.25, 0.3) is 0 Å². The van der Waals surface area contributed by atoms with E-state index in [-0.39, 0.29) is 0 Å². The van der Waals surface area contributed by atoms with E-state index in [1.54, 1.807) is 16.3 Å². The molecule has 0 aliphatic heterocycles. The van der Waals surface area contributed by atoms with Crippen LogP contribution in [0.15, 0.2) is 0 Å². The lowest BCUT2D eigenvalue weighted by Gasteiger charge is -2.05. The predicted molar refractivity (Wildman–Crippen MR) is 71.1 cm³/mol. The summed E-state index contributed by atoms with van der Waals surface area (Å²) in [7, 11) is 1.84. The smallest absolute Gasteiger partial charge is 0.204 e. The Hall–Kier alpha value is -0.340. The first kappa shape index (κ1) is 13.7. The van der Waals surface area contributed by atoms with Crippen molar-refractivity contribution < 1.29 is 0 Å². The average Bonchev–Trinajstić information content (AvgIpc) is 2.49. The summed E-state index contributed by atoms with van der Waals surface area (Å²) in [5.41, 5.74) is 0.897. The van der Waals surface area contributed by atoms with Gasteiger partial charge in [-0.2, -0.15) is 0 Å². The monoisotopic (exact) mass is 277 g/mol. The van der Waals surface area contributed by atoms with Crippen LogP contribution in [-0.2, 0) is 13.6 Å². The number of hydrogen-bond donors (Lipinski definition) is 1. The van der Waals surface area contributed by atoms with Crippen LogP contribution in [0.25, 0.3) is 0 Å². The van der Waals surface area contributed by atoms with Crippen molar-refractivity contribution in [3.8, 4) is 12.3 Å². The first-order valence-electron chi connectivity index (χ1n) is 4.75. The molecule has 1 N–H and O–H groups in total. The largest absolute Gasteiger partial charge is 0.319 e. The van der Waals surface area contributed by atoms with E-state index in [0.717, 1.165) is 23.7 Å². The molecule has 0 fully saturated rings. The van der Waals surface area contributed by atoms with Gasteiger partial charge >= 0.3 is 0 Å². The highest BCUT2D eigenvalue weighted by molar-refractivity contribution is 7.99. The predicted octanol–water partition coefficient (Wildman–Crippen LogP) is 2.18. The lowest BCUT2D eigenvalue weighted by molar-refractivity contribution is 0.684. The third kappa shape index (κ3) is 3.91. The molecular weight excluding hydrogens is 265 g/mol. The Kier molecular flexibility index (Phi) is 6.07. The highest BCUT2D eigenvalue weighted by Gasteiger charge is 2.10. The van der Waals surface area contributed by atoms with Crippen LogP contribution in [0.2, 0.25) is 10.4 Å². The van der Waals surface area contributed by atoms with Crippen molar-refractivity contribution >= 4 is 35.0 Å². The Morgan fingerprint density at radius 2 is 2.31 bits per heavy atom. The Labute approximate surface area is 110 Å². The van der Waals surface area contributed by atoms with Crippen molar-refractivity contribution in [3.63, 3.8) is 0 Å². The van der Waals surface area contributed by atoms with E-state index in [0.29, 0.717) is 17.0 Å². The molecule has 0 aromatic carbocycles. The normalized spacial score (nSPS) is 10.4. The van der Waals surface area contributed by atoms with Gasteiger partial charge in [0.2, 0.25) is 5.28 Å². The fourth-order valence-corrected chi connectivity index (χ4v) is 2.20. The summed E-state index contributed by atoms with van der Waals surface area (Å²) in [5.74, 6) is 4.31. The minimum Gasteiger partial charge on any atom is -0.319 e. The van der Waals surface area contributed by atoms with Gasteiger partial charge in [0.15, 0.2) is 5.15 Å². The van der Waals surface area contributed by atoms with E-state index in [1.165, 1.54) is 0 Å². The van der Waals surface area contributed by atoms with Crippen LogP contribution in [0.1, 0.15) is 5.69 Å². The van der Waals surface area contributed by atoms with Gasteiger partial charge in [-0.15, -0.1) is 18.2 Å². The number of rotatable bonds is 6. The molecule has 0 aliphatic rings. The standard InChI is InChI=1S/C10H13Cl2N3S/c1-3-5-16-6-4-13-7-8-9(11)14-10(12)15(8)2/h1,13H,4-7H2,2H3. The Morgan fingerprint density at radius 1 is 1.56 bits per heavy atom. The molecule has 0 aliphatic carbocycles. The lowest BCUT2D eigenvalue weighted by Crippen LogP contribution is -2.18. The summed E-state index contributed by atoms with van der Waals surface area (Å²) in [6.07, 6.45) is 5.14. The summed E-state index contributed by atoms with van der Waals surface area (Å²) in [4.78, 5) is 3.96. The average molecular weight is 278 g/mol. The molecule has 6 heteroatoms. The maximum Gasteiger partial charge on any atom is 0.204 e. The first-order valence-corrected chi connectivity index (χ1v) is 6.66. The van der Waals surface area contributed by atoms with E-state index in [1.807, 2.05) is 7.05 Å². The quantitative estimate of drug-likeness (QED) is 0.639. The van der Waals surface area contributed by atoms with Crippen molar-refractivity contribution in [1.29, 1.82) is 0 Å². The van der Waals surface area contributed by atoms with Gasteiger partial charge < -0.3 is 9.88 Å². The summed E-state index contributed by atoms with van der Waals surface area (Å²) in [5, 5.41) is 4.12. The lowest BCUT2D eigenvalue weighted by atomic mass is 10.4. The minimum absolute atomic E-state index is 0.406. The number of nitrogens with zero attached hydrogens (tertiary/aromatic N) is 2. The van der Waals surface area contributed by atoms with Gasteiger partial charge in [-0.3, -0.25) is 0 Å². The molecular formula is C10H13Cl2N3S. The first-order chi connectivity index (χ1) is 7.66. The molecule has 0 amide bonds. The topological polar surface area (TPSA) is 29.9 Å². The molecule has 0 saturated carbocycles. The van der Waals surface area contributed by atoms with Gasteiger partial charge in [-0.1, -0.05) is 17.5 Å². The summed E-state index contributed by atoms with van der Waals surface area (Å²) >= 11 is 13.5. The van der Waals surface area contributed by atoms with Crippen molar-refractivity contribution in [3.05, 3.63) is 16.1 Å². The molecule has 3 nitrogen and oxygen atoms in total. The molecule has 1 aromatic heterocycles. The molecule has 88 valence electrons. The Bertz CT molecular complexity index is 384. The molecule has 0 unspecified atom stereocenters. The zero-order chi connectivity index (χ0) is 12.0. The maximum atomic E-state index is 5.92. The zero-order valence-corrected chi connectivity index (χ0v) is 11.3. The molecule has 0 radical (unpaired) electrons. The van der Waals surface area contributed by atoms with E-state index in [2.05, 4.69) is 16.2 Å². The summed E-state index contributed by atoms with van der Waals surface area (Å²) in [6.45, 7) is 1.54.